The summed E-state index contributed by atoms with van der Waals surface area (Å²) in [6, 6.07) is 9.68. The molecule has 1 aliphatic heterocycles. The molecule has 1 aromatic carbocycles. The molecule has 8 nitrogen and oxygen atoms in total. The van der Waals surface area contributed by atoms with Crippen molar-refractivity contribution in [1.29, 1.82) is 0 Å². The Balaban J connectivity index is 1.34. The number of carbonyl (C=O) groups excluding carboxylic acids is 1. The van der Waals surface area contributed by atoms with E-state index in [9.17, 15) is 15.0 Å². The Hall–Kier alpha value is -1.81. The van der Waals surface area contributed by atoms with E-state index < -0.39 is 23.8 Å². The second-order valence-corrected chi connectivity index (χ2v) is 13.7. The third-order valence-electron chi connectivity index (χ3n) is 12.6. The van der Waals surface area contributed by atoms with Gasteiger partial charge in [0, 0.05) is 80.9 Å². The normalized spacial score (nSPS) is 49.4. The molecule has 8 heteroatoms. The topological polar surface area (TPSA) is 97.7 Å². The van der Waals surface area contributed by atoms with Crippen LogP contribution in [0.25, 0.3) is 6.08 Å². The molecule has 5 aliphatic carbocycles. The van der Waals surface area contributed by atoms with Crippen molar-refractivity contribution in [2.24, 2.45) is 40.4 Å². The van der Waals surface area contributed by atoms with Crippen molar-refractivity contribution in [3.05, 3.63) is 42.0 Å². The molecule has 5 saturated carbocycles. The lowest BCUT2D eigenvalue weighted by atomic mass is 9.43. The van der Waals surface area contributed by atoms with Gasteiger partial charge in [0.1, 0.15) is 6.10 Å². The fourth-order valence-electron chi connectivity index (χ4n) is 11.8. The fraction of sp³-hybridized carbons (Fsp3) is 0.727. The van der Waals surface area contributed by atoms with Crippen LogP contribution in [-0.2, 0) is 23.7 Å². The van der Waals surface area contributed by atoms with Crippen molar-refractivity contribution in [3.8, 4) is 0 Å². The summed E-state index contributed by atoms with van der Waals surface area (Å²) in [5, 5.41) is 25.3. The minimum absolute atomic E-state index is 0.0161. The molecule has 7 rings (SSSR count). The van der Waals surface area contributed by atoms with Crippen molar-refractivity contribution < 1.29 is 34.0 Å². The largest absolute Gasteiger partial charge is 0.458 e. The Kier molecular flexibility index (Phi) is 6.73. The third kappa shape index (κ3) is 3.52. The number of methoxy groups -OCH3 is 3. The number of piperidine rings is 1. The standard InChI is InChI=1S/C33H45NO7/c1-5-34-17-31(18-38-2)14-13-23(40-4)33-21-15-20-22(39-3)16-32(37,26(30(33)34)27(36)29(31)33)25(21)28(20)41-24(35)12-11-19-9-7-6-8-10-19/h6-12,20-23,25-30,36-37H,5,13-18H2,1-4H3/b12-11+/t20-,21?,22+,23+,25?,26+,27+,28+,29-,30-,31+,32-,33+/m1/s1. The first-order valence-corrected chi connectivity index (χ1v) is 15.4. The van der Waals surface area contributed by atoms with Gasteiger partial charge in [-0.2, -0.15) is 0 Å². The van der Waals surface area contributed by atoms with Crippen LogP contribution < -0.4 is 0 Å². The molecule has 1 heterocycles. The highest BCUT2D eigenvalue weighted by molar-refractivity contribution is 5.87. The summed E-state index contributed by atoms with van der Waals surface area (Å²) >= 11 is 0. The lowest BCUT2D eigenvalue weighted by Gasteiger charge is -2.69. The number of ether oxygens (including phenoxy) is 4. The van der Waals surface area contributed by atoms with E-state index in [-0.39, 0.29) is 58.7 Å². The average Bonchev–Trinajstić information content (AvgIpc) is 3.39. The van der Waals surface area contributed by atoms with Gasteiger partial charge in [-0.3, -0.25) is 4.90 Å². The Labute approximate surface area is 243 Å². The van der Waals surface area contributed by atoms with Crippen molar-refractivity contribution in [2.45, 2.75) is 68.7 Å². The maximum atomic E-state index is 13.3. The molecule has 0 radical (unpaired) electrons. The number of nitrogens with zero attached hydrogens (tertiary/aromatic N) is 1. The highest BCUT2D eigenvalue weighted by atomic mass is 16.5. The Bertz CT molecular complexity index is 1190. The van der Waals surface area contributed by atoms with Gasteiger partial charge in [0.25, 0.3) is 0 Å². The van der Waals surface area contributed by atoms with Crippen LogP contribution in [0, 0.1) is 40.4 Å². The quantitative estimate of drug-likeness (QED) is 0.366. The van der Waals surface area contributed by atoms with Crippen LogP contribution in [0.2, 0.25) is 0 Å². The minimum atomic E-state index is -1.23. The van der Waals surface area contributed by atoms with Crippen LogP contribution in [0.3, 0.4) is 0 Å². The number of rotatable bonds is 8. The Morgan fingerprint density at radius 3 is 2.61 bits per heavy atom. The monoisotopic (exact) mass is 567 g/mol. The number of aliphatic hydroxyl groups is 2. The highest BCUT2D eigenvalue weighted by Crippen LogP contribution is 2.79. The molecular weight excluding hydrogens is 522 g/mol. The molecule has 2 unspecified atom stereocenters. The van der Waals surface area contributed by atoms with E-state index in [0.717, 1.165) is 37.9 Å². The van der Waals surface area contributed by atoms with Gasteiger partial charge in [-0.25, -0.2) is 4.79 Å². The predicted octanol–water partition coefficient (Wildman–Crippen LogP) is 2.77. The summed E-state index contributed by atoms with van der Waals surface area (Å²) < 4.78 is 24.6. The molecule has 6 aliphatic rings. The first kappa shape index (κ1) is 28.0. The minimum Gasteiger partial charge on any atom is -0.458 e. The summed E-state index contributed by atoms with van der Waals surface area (Å²) in [6.07, 6.45) is 4.78. The number of carbonyl (C=O) groups is 1. The zero-order valence-electron chi connectivity index (χ0n) is 24.6. The highest BCUT2D eigenvalue weighted by Gasteiger charge is 2.86. The van der Waals surface area contributed by atoms with Gasteiger partial charge < -0.3 is 29.2 Å². The van der Waals surface area contributed by atoms with Gasteiger partial charge in [0.05, 0.1) is 30.5 Å². The third-order valence-corrected chi connectivity index (χ3v) is 12.6. The molecule has 1 saturated heterocycles. The maximum absolute atomic E-state index is 13.3. The number of hydrogen-bond donors (Lipinski definition) is 2. The van der Waals surface area contributed by atoms with E-state index in [1.807, 2.05) is 30.3 Å². The Morgan fingerprint density at radius 1 is 1.15 bits per heavy atom. The first-order chi connectivity index (χ1) is 19.8. The van der Waals surface area contributed by atoms with Gasteiger partial charge in [-0.1, -0.05) is 37.3 Å². The molecule has 224 valence electrons. The molecule has 1 aromatic rings. The van der Waals surface area contributed by atoms with Crippen LogP contribution in [-0.4, -0.2) is 98.2 Å². The zero-order chi connectivity index (χ0) is 28.7. The summed E-state index contributed by atoms with van der Waals surface area (Å²) in [6.45, 7) is 4.44. The van der Waals surface area contributed by atoms with Crippen molar-refractivity contribution >= 4 is 12.0 Å². The van der Waals surface area contributed by atoms with E-state index in [1.54, 1.807) is 27.4 Å². The van der Waals surface area contributed by atoms with Crippen LogP contribution in [0.4, 0.5) is 0 Å². The molecule has 0 aromatic heterocycles. The van der Waals surface area contributed by atoms with Gasteiger partial charge >= 0.3 is 5.97 Å². The number of aliphatic hydroxyl groups excluding tert-OH is 1. The van der Waals surface area contributed by atoms with E-state index in [0.29, 0.717) is 13.0 Å². The molecular formula is C33H45NO7. The SMILES string of the molecule is CCN1C[C@]2(COC)CC[C@H](OC)[C@@]34C5C[C@@H]6[C@@H](OC)C[C@@](O)(C5[C@H]6OC(=O)/C=C/c5ccccc5)[C@@H]([C@H](O)[C@H]23)[C@@H]14. The second kappa shape index (κ2) is 9.86. The van der Waals surface area contributed by atoms with Crippen molar-refractivity contribution in [1.82, 2.24) is 4.90 Å². The summed E-state index contributed by atoms with van der Waals surface area (Å²) in [5.74, 6) is -1.14. The smallest absolute Gasteiger partial charge is 0.331 e. The van der Waals surface area contributed by atoms with E-state index in [1.165, 1.54) is 6.08 Å². The zero-order valence-corrected chi connectivity index (χ0v) is 24.6. The second-order valence-electron chi connectivity index (χ2n) is 13.7. The van der Waals surface area contributed by atoms with Gasteiger partial charge in [-0.15, -0.1) is 0 Å². The van der Waals surface area contributed by atoms with Crippen LogP contribution in [0.1, 0.15) is 38.2 Å². The molecule has 7 bridgehead atoms. The Morgan fingerprint density at radius 2 is 1.93 bits per heavy atom. The molecule has 13 atom stereocenters. The summed E-state index contributed by atoms with van der Waals surface area (Å²) in [5.41, 5.74) is -0.895. The van der Waals surface area contributed by atoms with Crippen LogP contribution in [0.5, 0.6) is 0 Å². The van der Waals surface area contributed by atoms with E-state index in [4.69, 9.17) is 18.9 Å². The number of benzene rings is 1. The predicted molar refractivity (Wildman–Crippen MR) is 152 cm³/mol. The van der Waals surface area contributed by atoms with E-state index in [2.05, 4.69) is 11.8 Å². The molecule has 6 fully saturated rings. The van der Waals surface area contributed by atoms with Crippen molar-refractivity contribution in [3.63, 3.8) is 0 Å². The average molecular weight is 568 g/mol. The molecule has 2 N–H and O–H groups in total. The van der Waals surface area contributed by atoms with Crippen LogP contribution in [0.15, 0.2) is 36.4 Å². The number of hydrogen-bond acceptors (Lipinski definition) is 8. The van der Waals surface area contributed by atoms with E-state index >= 15 is 0 Å². The molecule has 1 spiro atoms. The summed E-state index contributed by atoms with van der Waals surface area (Å²) in [4.78, 5) is 15.8. The van der Waals surface area contributed by atoms with Gasteiger partial charge in [-0.05, 0) is 43.4 Å². The fourth-order valence-corrected chi connectivity index (χ4v) is 11.8. The molecule has 0 amide bonds. The van der Waals surface area contributed by atoms with Crippen molar-refractivity contribution in [2.75, 3.05) is 41.0 Å². The summed E-state index contributed by atoms with van der Waals surface area (Å²) in [7, 11) is 5.26. The lowest BCUT2D eigenvalue weighted by molar-refractivity contribution is -0.277. The number of fused-ring (bicyclic) bond motifs is 2. The van der Waals surface area contributed by atoms with Gasteiger partial charge in [0.15, 0.2) is 0 Å². The van der Waals surface area contributed by atoms with Crippen LogP contribution >= 0.6 is 0 Å². The van der Waals surface area contributed by atoms with Gasteiger partial charge in [0.2, 0.25) is 0 Å². The number of likely N-dealkylation sites (tertiary alicyclic amines) is 1. The maximum Gasteiger partial charge on any atom is 0.331 e. The first-order valence-electron chi connectivity index (χ1n) is 15.4. The number of esters is 1. The molecule has 41 heavy (non-hydrogen) atoms. The lowest BCUT2D eigenvalue weighted by Crippen LogP contribution is -2.76.